The fourth-order valence-corrected chi connectivity index (χ4v) is 4.86. The Morgan fingerprint density at radius 3 is 2.31 bits per heavy atom. The monoisotopic (exact) mass is 454 g/mol. The molecule has 0 bridgehead atoms. The molecule has 5 rings (SSSR count). The molecule has 168 valence electrons. The standard InChI is InChI=1S/C21H26N8O2S/c1-14-10-16(32-17(14)13-28-2-6-30-7-3-28)19-25-18(15-11-23-20(22)24-12-15)26-21(27-19)29-4-8-31-9-5-29/h10-12H,2-9,13H2,1H3,(H2,22,23,24). The van der Waals surface area contributed by atoms with Gasteiger partial charge in [0.25, 0.3) is 0 Å². The van der Waals surface area contributed by atoms with Crippen LogP contribution in [-0.2, 0) is 16.0 Å². The van der Waals surface area contributed by atoms with Crippen LogP contribution in [0.25, 0.3) is 22.1 Å². The Balaban J connectivity index is 1.50. The topological polar surface area (TPSA) is 115 Å². The van der Waals surface area contributed by atoms with Crippen LogP contribution in [0.3, 0.4) is 0 Å². The minimum atomic E-state index is 0.220. The molecule has 3 aromatic rings. The molecule has 5 heterocycles. The summed E-state index contributed by atoms with van der Waals surface area (Å²) in [5, 5.41) is 0. The van der Waals surface area contributed by atoms with Gasteiger partial charge in [-0.25, -0.2) is 15.0 Å². The number of nitrogen functional groups attached to an aromatic ring is 1. The zero-order chi connectivity index (χ0) is 21.9. The Labute approximate surface area is 190 Å². The zero-order valence-electron chi connectivity index (χ0n) is 18.0. The molecule has 11 heteroatoms. The van der Waals surface area contributed by atoms with Crippen molar-refractivity contribution in [2.24, 2.45) is 0 Å². The number of anilines is 2. The van der Waals surface area contributed by atoms with Crippen LogP contribution in [0, 0.1) is 6.92 Å². The molecule has 3 aromatic heterocycles. The lowest BCUT2D eigenvalue weighted by atomic mass is 10.2. The first-order valence-electron chi connectivity index (χ1n) is 10.7. The fourth-order valence-electron chi connectivity index (χ4n) is 3.71. The molecule has 0 saturated carbocycles. The Kier molecular flexibility index (Phi) is 6.21. The predicted octanol–water partition coefficient (Wildman–Crippen LogP) is 1.62. The second-order valence-electron chi connectivity index (χ2n) is 7.82. The molecule has 0 spiro atoms. The van der Waals surface area contributed by atoms with E-state index in [1.807, 2.05) is 0 Å². The molecule has 32 heavy (non-hydrogen) atoms. The molecule has 0 radical (unpaired) electrons. The average molecular weight is 455 g/mol. The van der Waals surface area contributed by atoms with Crippen molar-refractivity contribution in [2.75, 3.05) is 63.2 Å². The summed E-state index contributed by atoms with van der Waals surface area (Å²) in [6, 6.07) is 2.17. The molecule has 0 atom stereocenters. The van der Waals surface area contributed by atoms with Gasteiger partial charge in [0, 0.05) is 50.0 Å². The van der Waals surface area contributed by atoms with Crippen molar-refractivity contribution in [3.63, 3.8) is 0 Å². The van der Waals surface area contributed by atoms with Crippen LogP contribution in [0.4, 0.5) is 11.9 Å². The summed E-state index contributed by atoms with van der Waals surface area (Å²) < 4.78 is 11.0. The number of thiophene rings is 1. The molecular weight excluding hydrogens is 428 g/mol. The van der Waals surface area contributed by atoms with Crippen LogP contribution < -0.4 is 10.6 Å². The van der Waals surface area contributed by atoms with Crippen molar-refractivity contribution in [2.45, 2.75) is 13.5 Å². The van der Waals surface area contributed by atoms with Gasteiger partial charge in [-0.05, 0) is 18.6 Å². The molecule has 2 N–H and O–H groups in total. The van der Waals surface area contributed by atoms with Crippen molar-refractivity contribution in [1.29, 1.82) is 0 Å². The van der Waals surface area contributed by atoms with Crippen molar-refractivity contribution in [1.82, 2.24) is 29.8 Å². The number of morpholine rings is 2. The van der Waals surface area contributed by atoms with E-state index >= 15 is 0 Å². The van der Waals surface area contributed by atoms with E-state index in [4.69, 9.17) is 30.2 Å². The highest BCUT2D eigenvalue weighted by atomic mass is 32.1. The van der Waals surface area contributed by atoms with E-state index in [1.54, 1.807) is 23.7 Å². The van der Waals surface area contributed by atoms with Gasteiger partial charge in [0.05, 0.1) is 36.9 Å². The van der Waals surface area contributed by atoms with Gasteiger partial charge in [-0.15, -0.1) is 11.3 Å². The summed E-state index contributed by atoms with van der Waals surface area (Å²) in [5.74, 6) is 2.07. The predicted molar refractivity (Wildman–Crippen MR) is 122 cm³/mol. The summed E-state index contributed by atoms with van der Waals surface area (Å²) in [6.07, 6.45) is 3.29. The number of nitrogens with zero attached hydrogens (tertiary/aromatic N) is 7. The van der Waals surface area contributed by atoms with E-state index in [0.29, 0.717) is 36.4 Å². The average Bonchev–Trinajstić information content (AvgIpc) is 3.20. The fraction of sp³-hybridized carbons (Fsp3) is 0.476. The highest BCUT2D eigenvalue weighted by Crippen LogP contribution is 2.32. The summed E-state index contributed by atoms with van der Waals surface area (Å²) in [5.41, 5.74) is 7.62. The third kappa shape index (κ3) is 4.70. The van der Waals surface area contributed by atoms with Crippen LogP contribution in [0.2, 0.25) is 0 Å². The minimum Gasteiger partial charge on any atom is -0.379 e. The SMILES string of the molecule is Cc1cc(-c2nc(-c3cnc(N)nc3)nc(N3CCOCC3)n2)sc1CN1CCOCC1. The van der Waals surface area contributed by atoms with Crippen LogP contribution in [-0.4, -0.2) is 82.4 Å². The minimum absolute atomic E-state index is 0.220. The van der Waals surface area contributed by atoms with Crippen LogP contribution >= 0.6 is 11.3 Å². The lowest BCUT2D eigenvalue weighted by Crippen LogP contribution is -2.37. The lowest BCUT2D eigenvalue weighted by Gasteiger charge is -2.27. The molecule has 2 aliphatic heterocycles. The van der Waals surface area contributed by atoms with E-state index in [0.717, 1.165) is 50.8 Å². The molecule has 0 amide bonds. The highest BCUT2D eigenvalue weighted by molar-refractivity contribution is 7.15. The molecule has 2 fully saturated rings. The van der Waals surface area contributed by atoms with E-state index in [2.05, 4.69) is 32.8 Å². The number of rotatable bonds is 5. The van der Waals surface area contributed by atoms with Gasteiger partial charge in [0.15, 0.2) is 11.6 Å². The summed E-state index contributed by atoms with van der Waals surface area (Å²) in [4.78, 5) is 29.4. The van der Waals surface area contributed by atoms with Crippen molar-refractivity contribution in [3.8, 4) is 22.1 Å². The number of aryl methyl sites for hydroxylation is 1. The second kappa shape index (κ2) is 9.41. The van der Waals surface area contributed by atoms with Crippen molar-refractivity contribution >= 4 is 23.2 Å². The maximum Gasteiger partial charge on any atom is 0.229 e. The number of nitrogens with two attached hydrogens (primary N) is 1. The third-order valence-electron chi connectivity index (χ3n) is 5.56. The van der Waals surface area contributed by atoms with Gasteiger partial charge in [-0.1, -0.05) is 0 Å². The first-order chi connectivity index (χ1) is 15.7. The van der Waals surface area contributed by atoms with Crippen LogP contribution in [0.1, 0.15) is 10.4 Å². The smallest absolute Gasteiger partial charge is 0.229 e. The zero-order valence-corrected chi connectivity index (χ0v) is 18.8. The Hall–Kier alpha value is -2.73. The number of ether oxygens (including phenoxy) is 2. The van der Waals surface area contributed by atoms with Gasteiger partial charge in [-0.3, -0.25) is 4.90 Å². The molecule has 0 aliphatic carbocycles. The van der Waals surface area contributed by atoms with Crippen molar-refractivity contribution in [3.05, 3.63) is 28.9 Å². The van der Waals surface area contributed by atoms with E-state index < -0.39 is 0 Å². The van der Waals surface area contributed by atoms with E-state index in [1.165, 1.54) is 10.4 Å². The number of hydrogen-bond acceptors (Lipinski definition) is 11. The highest BCUT2D eigenvalue weighted by Gasteiger charge is 2.20. The molecule has 0 aromatic carbocycles. The number of aromatic nitrogens is 5. The third-order valence-corrected chi connectivity index (χ3v) is 6.78. The van der Waals surface area contributed by atoms with E-state index in [9.17, 15) is 0 Å². The summed E-state index contributed by atoms with van der Waals surface area (Å²) >= 11 is 1.74. The Bertz CT molecular complexity index is 1060. The maximum absolute atomic E-state index is 5.66. The molecule has 2 aliphatic rings. The van der Waals surface area contributed by atoms with Gasteiger partial charge in [0.1, 0.15) is 0 Å². The molecular formula is C21H26N8O2S. The Morgan fingerprint density at radius 2 is 1.59 bits per heavy atom. The molecule has 10 nitrogen and oxygen atoms in total. The normalized spacial score (nSPS) is 17.6. The maximum atomic E-state index is 5.66. The Morgan fingerprint density at radius 1 is 0.938 bits per heavy atom. The molecule has 0 unspecified atom stereocenters. The summed E-state index contributed by atoms with van der Waals surface area (Å²) in [7, 11) is 0. The lowest BCUT2D eigenvalue weighted by molar-refractivity contribution is 0.0345. The second-order valence-corrected chi connectivity index (χ2v) is 8.95. The first-order valence-corrected chi connectivity index (χ1v) is 11.5. The largest absolute Gasteiger partial charge is 0.379 e. The van der Waals surface area contributed by atoms with Gasteiger partial charge >= 0.3 is 0 Å². The van der Waals surface area contributed by atoms with Crippen LogP contribution in [0.15, 0.2) is 18.5 Å². The van der Waals surface area contributed by atoms with Gasteiger partial charge in [-0.2, -0.15) is 9.97 Å². The summed E-state index contributed by atoms with van der Waals surface area (Å²) in [6.45, 7) is 9.36. The number of hydrogen-bond donors (Lipinski definition) is 1. The van der Waals surface area contributed by atoms with Crippen molar-refractivity contribution < 1.29 is 9.47 Å². The van der Waals surface area contributed by atoms with Gasteiger partial charge < -0.3 is 20.1 Å². The first kappa shape index (κ1) is 21.1. The van der Waals surface area contributed by atoms with Gasteiger partial charge in [0.2, 0.25) is 11.9 Å². The quantitative estimate of drug-likeness (QED) is 0.610. The van der Waals surface area contributed by atoms with E-state index in [-0.39, 0.29) is 5.95 Å². The molecule has 2 saturated heterocycles. The van der Waals surface area contributed by atoms with Crippen LogP contribution in [0.5, 0.6) is 0 Å².